The van der Waals surface area contributed by atoms with Crippen LogP contribution in [-0.4, -0.2) is 41.5 Å². The van der Waals surface area contributed by atoms with Crippen LogP contribution in [0.15, 0.2) is 55.2 Å². The zero-order valence-electron chi connectivity index (χ0n) is 23.3. The molecular formula is C30H29ClFN7O3. The SMILES string of the molecule is CC(C)(C)OC(=O)n1cc(Cl)c2cc(CC(=O)Nc3cc(NCc4cn5cc(C6CC6)ccc5n4)ncn3)c(F)cc21. The minimum Gasteiger partial charge on any atom is -0.443 e. The average Bonchev–Trinajstić information content (AvgIpc) is 3.62. The molecule has 0 radical (unpaired) electrons. The second-order valence-electron chi connectivity index (χ2n) is 11.4. The van der Waals surface area contributed by atoms with Crippen molar-refractivity contribution in [3.8, 4) is 0 Å². The Labute approximate surface area is 245 Å². The summed E-state index contributed by atoms with van der Waals surface area (Å²) in [6.45, 7) is 5.63. The van der Waals surface area contributed by atoms with Gasteiger partial charge in [-0.05, 0) is 68.9 Å². The molecule has 1 saturated carbocycles. The topological polar surface area (TPSA) is 115 Å². The van der Waals surface area contributed by atoms with Crippen molar-refractivity contribution in [3.05, 3.63) is 82.9 Å². The predicted molar refractivity (Wildman–Crippen MR) is 157 cm³/mol. The molecule has 6 rings (SSSR count). The normalized spacial score (nSPS) is 13.5. The standard InChI is InChI=1S/C30H29ClFN7O3/c1-30(2,3)42-29(41)39-15-22(31)21-8-19(23(32)10-24(21)39)9-28(40)37-26-11-25(34-16-35-26)33-12-20-14-38-13-18(17-4-5-17)6-7-27(38)36-20/h6-8,10-11,13-17H,4-5,9,12H2,1-3H3,(H2,33,34,35,37,40). The van der Waals surface area contributed by atoms with Crippen LogP contribution in [0.2, 0.25) is 5.02 Å². The van der Waals surface area contributed by atoms with E-state index in [0.29, 0.717) is 23.7 Å². The average molecular weight is 590 g/mol. The number of rotatable bonds is 7. The lowest BCUT2D eigenvalue weighted by Crippen LogP contribution is -2.26. The number of halogens is 2. The number of benzene rings is 1. The number of fused-ring (bicyclic) bond motifs is 2. The molecule has 0 bridgehead atoms. The molecule has 4 heterocycles. The largest absolute Gasteiger partial charge is 0.443 e. The molecule has 0 aliphatic heterocycles. The fourth-order valence-corrected chi connectivity index (χ4v) is 4.97. The Kier molecular flexibility index (Phi) is 7.05. The summed E-state index contributed by atoms with van der Waals surface area (Å²) in [5, 5.41) is 6.55. The molecule has 12 heteroatoms. The van der Waals surface area contributed by atoms with Gasteiger partial charge in [-0.25, -0.2) is 24.1 Å². The van der Waals surface area contributed by atoms with Crippen molar-refractivity contribution < 1.29 is 18.7 Å². The van der Waals surface area contributed by atoms with Crippen LogP contribution in [0.5, 0.6) is 0 Å². The van der Waals surface area contributed by atoms with Gasteiger partial charge in [0.25, 0.3) is 0 Å². The Morgan fingerprint density at radius 3 is 2.64 bits per heavy atom. The van der Waals surface area contributed by atoms with E-state index in [4.69, 9.17) is 16.3 Å². The molecule has 4 aromatic heterocycles. The van der Waals surface area contributed by atoms with Crippen LogP contribution in [-0.2, 0) is 22.5 Å². The molecule has 1 fully saturated rings. The second kappa shape index (κ2) is 10.7. The first-order valence-corrected chi connectivity index (χ1v) is 14.0. The summed E-state index contributed by atoms with van der Waals surface area (Å²) in [5.41, 5.74) is 2.68. The van der Waals surface area contributed by atoms with Crippen molar-refractivity contribution in [1.29, 1.82) is 0 Å². The summed E-state index contributed by atoms with van der Waals surface area (Å²) in [6.07, 6.45) is 8.34. The zero-order chi connectivity index (χ0) is 29.6. The third-order valence-corrected chi connectivity index (χ3v) is 7.12. The van der Waals surface area contributed by atoms with E-state index in [2.05, 4.69) is 37.8 Å². The maximum absolute atomic E-state index is 15.0. The molecule has 216 valence electrons. The molecule has 1 aromatic carbocycles. The molecule has 0 unspecified atom stereocenters. The minimum atomic E-state index is -0.735. The van der Waals surface area contributed by atoms with Crippen LogP contribution in [0.4, 0.5) is 20.8 Å². The summed E-state index contributed by atoms with van der Waals surface area (Å²) in [7, 11) is 0. The Balaban J connectivity index is 1.11. The lowest BCUT2D eigenvalue weighted by Gasteiger charge is -2.19. The number of hydrogen-bond acceptors (Lipinski definition) is 7. The predicted octanol–water partition coefficient (Wildman–Crippen LogP) is 6.33. The molecule has 0 saturated heterocycles. The van der Waals surface area contributed by atoms with E-state index in [1.54, 1.807) is 26.8 Å². The number of nitrogens with zero attached hydrogens (tertiary/aromatic N) is 5. The Morgan fingerprint density at radius 1 is 1.10 bits per heavy atom. The summed E-state index contributed by atoms with van der Waals surface area (Å²) in [4.78, 5) is 38.4. The molecule has 5 aromatic rings. The summed E-state index contributed by atoms with van der Waals surface area (Å²) in [5.74, 6) is 0.291. The number of anilines is 2. The molecule has 0 atom stereocenters. The van der Waals surface area contributed by atoms with Crippen molar-refractivity contribution in [2.75, 3.05) is 10.6 Å². The molecule has 2 N–H and O–H groups in total. The fraction of sp³-hybridized carbons (Fsp3) is 0.300. The molecule has 10 nitrogen and oxygen atoms in total. The van der Waals surface area contributed by atoms with Gasteiger partial charge >= 0.3 is 6.09 Å². The number of carbonyl (C=O) groups excluding carboxylic acids is 2. The number of imidazole rings is 1. The van der Waals surface area contributed by atoms with Gasteiger partial charge < -0.3 is 19.8 Å². The molecule has 42 heavy (non-hydrogen) atoms. The third-order valence-electron chi connectivity index (χ3n) is 6.82. The van der Waals surface area contributed by atoms with Crippen LogP contribution in [0, 0.1) is 5.82 Å². The highest BCUT2D eigenvalue weighted by Crippen LogP contribution is 2.40. The number of ether oxygens (including phenoxy) is 1. The molecule has 1 amide bonds. The summed E-state index contributed by atoms with van der Waals surface area (Å²) in [6, 6.07) is 8.39. The number of carbonyl (C=O) groups is 2. The third kappa shape index (κ3) is 6.06. The van der Waals surface area contributed by atoms with Crippen molar-refractivity contribution in [3.63, 3.8) is 0 Å². The lowest BCUT2D eigenvalue weighted by molar-refractivity contribution is -0.115. The van der Waals surface area contributed by atoms with Gasteiger partial charge in [-0.3, -0.25) is 9.36 Å². The Morgan fingerprint density at radius 2 is 1.88 bits per heavy atom. The highest BCUT2D eigenvalue weighted by atomic mass is 35.5. The number of nitrogens with one attached hydrogen (secondary N) is 2. The molecule has 1 aliphatic carbocycles. The van der Waals surface area contributed by atoms with Crippen LogP contribution in [0.25, 0.3) is 16.6 Å². The number of hydrogen-bond donors (Lipinski definition) is 2. The van der Waals surface area contributed by atoms with E-state index in [1.165, 1.54) is 43.1 Å². The van der Waals surface area contributed by atoms with Gasteiger partial charge in [0.15, 0.2) is 0 Å². The quantitative estimate of drug-likeness (QED) is 0.228. The molecular weight excluding hydrogens is 561 g/mol. The summed E-state index contributed by atoms with van der Waals surface area (Å²) < 4.78 is 23.6. The van der Waals surface area contributed by atoms with E-state index < -0.39 is 23.4 Å². The van der Waals surface area contributed by atoms with Crippen molar-refractivity contribution >= 4 is 51.8 Å². The first-order chi connectivity index (χ1) is 20.0. The summed E-state index contributed by atoms with van der Waals surface area (Å²) >= 11 is 6.34. The smallest absolute Gasteiger partial charge is 0.419 e. The minimum absolute atomic E-state index is 0.118. The number of amides is 1. The van der Waals surface area contributed by atoms with E-state index in [9.17, 15) is 9.59 Å². The van der Waals surface area contributed by atoms with Crippen LogP contribution in [0.1, 0.15) is 56.4 Å². The zero-order valence-corrected chi connectivity index (χ0v) is 24.1. The monoisotopic (exact) mass is 589 g/mol. The van der Waals surface area contributed by atoms with E-state index in [-0.39, 0.29) is 28.3 Å². The first kappa shape index (κ1) is 27.6. The highest BCUT2D eigenvalue weighted by Gasteiger charge is 2.24. The van der Waals surface area contributed by atoms with Crippen LogP contribution < -0.4 is 10.6 Å². The second-order valence-corrected chi connectivity index (χ2v) is 11.8. The van der Waals surface area contributed by atoms with Gasteiger partial charge in [-0.1, -0.05) is 17.7 Å². The van der Waals surface area contributed by atoms with Gasteiger partial charge in [0, 0.05) is 30.0 Å². The highest BCUT2D eigenvalue weighted by molar-refractivity contribution is 6.36. The molecule has 0 spiro atoms. The lowest BCUT2D eigenvalue weighted by atomic mass is 10.1. The van der Waals surface area contributed by atoms with Gasteiger partial charge in [0.1, 0.15) is 35.0 Å². The Hall–Kier alpha value is -4.51. The van der Waals surface area contributed by atoms with Gasteiger partial charge in [-0.15, -0.1) is 0 Å². The maximum Gasteiger partial charge on any atom is 0.419 e. The van der Waals surface area contributed by atoms with Crippen LogP contribution in [0.3, 0.4) is 0 Å². The van der Waals surface area contributed by atoms with Crippen molar-refractivity contribution in [2.45, 2.75) is 58.1 Å². The van der Waals surface area contributed by atoms with E-state index in [0.717, 1.165) is 15.9 Å². The van der Waals surface area contributed by atoms with Gasteiger partial charge in [0.05, 0.1) is 29.2 Å². The van der Waals surface area contributed by atoms with Crippen molar-refractivity contribution in [1.82, 2.24) is 23.9 Å². The fourth-order valence-electron chi connectivity index (χ4n) is 4.72. The Bertz CT molecular complexity index is 1840. The van der Waals surface area contributed by atoms with Gasteiger partial charge in [0.2, 0.25) is 5.91 Å². The number of aromatic nitrogens is 5. The number of pyridine rings is 1. The van der Waals surface area contributed by atoms with E-state index in [1.807, 2.05) is 16.7 Å². The van der Waals surface area contributed by atoms with Crippen molar-refractivity contribution in [2.24, 2.45) is 0 Å². The molecule has 1 aliphatic rings. The van der Waals surface area contributed by atoms with Crippen LogP contribution >= 0.6 is 11.6 Å². The first-order valence-electron chi connectivity index (χ1n) is 13.6. The van der Waals surface area contributed by atoms with Gasteiger partial charge in [-0.2, -0.15) is 0 Å². The van der Waals surface area contributed by atoms with E-state index >= 15 is 4.39 Å². The maximum atomic E-state index is 15.0.